The van der Waals surface area contributed by atoms with Gasteiger partial charge >= 0.3 is 0 Å². The molecule has 0 radical (unpaired) electrons. The molecular formula is C10H18FN. The van der Waals surface area contributed by atoms with Crippen molar-refractivity contribution in [3.05, 3.63) is 0 Å². The summed E-state index contributed by atoms with van der Waals surface area (Å²) >= 11 is 0. The number of halogens is 1. The van der Waals surface area contributed by atoms with Crippen LogP contribution in [0.15, 0.2) is 0 Å². The largest absolute Gasteiger partial charge is 0.316 e. The number of nitrogens with one attached hydrogen (secondary N) is 1. The van der Waals surface area contributed by atoms with Crippen molar-refractivity contribution >= 4 is 0 Å². The van der Waals surface area contributed by atoms with Gasteiger partial charge in [-0.15, -0.1) is 0 Å². The molecule has 0 aromatic heterocycles. The van der Waals surface area contributed by atoms with Crippen molar-refractivity contribution in [3.8, 4) is 0 Å². The minimum Gasteiger partial charge on any atom is -0.316 e. The molecule has 0 amide bonds. The van der Waals surface area contributed by atoms with Gasteiger partial charge in [0.05, 0.1) is 0 Å². The Hall–Kier alpha value is -0.110. The highest BCUT2D eigenvalue weighted by atomic mass is 19.1. The molecule has 0 bridgehead atoms. The van der Waals surface area contributed by atoms with Crippen LogP contribution in [-0.2, 0) is 0 Å². The monoisotopic (exact) mass is 171 g/mol. The average molecular weight is 171 g/mol. The zero-order valence-electron chi connectivity index (χ0n) is 7.56. The number of hydrogen-bond acceptors (Lipinski definition) is 1. The van der Waals surface area contributed by atoms with E-state index in [1.165, 1.54) is 12.8 Å². The number of rotatable bonds is 3. The topological polar surface area (TPSA) is 12.0 Å². The molecular weight excluding hydrogens is 153 g/mol. The van der Waals surface area contributed by atoms with Crippen molar-refractivity contribution in [1.82, 2.24) is 5.32 Å². The van der Waals surface area contributed by atoms with E-state index in [1.807, 2.05) is 0 Å². The van der Waals surface area contributed by atoms with Crippen molar-refractivity contribution in [1.29, 1.82) is 0 Å². The first-order chi connectivity index (χ1) is 5.86. The molecule has 70 valence electrons. The maximum atomic E-state index is 13.6. The standard InChI is InChI=1S/C10H18FN/c11-10(5-8-6-12-7-8)9-3-1-2-4-9/h8-10,12H,1-7H2. The van der Waals surface area contributed by atoms with Gasteiger partial charge in [-0.25, -0.2) is 4.39 Å². The molecule has 1 saturated carbocycles. The number of alkyl halides is 1. The van der Waals surface area contributed by atoms with E-state index in [-0.39, 0.29) is 0 Å². The Morgan fingerprint density at radius 1 is 1.25 bits per heavy atom. The molecule has 1 aliphatic heterocycles. The molecule has 12 heavy (non-hydrogen) atoms. The Morgan fingerprint density at radius 3 is 2.42 bits per heavy atom. The highest BCUT2D eigenvalue weighted by Gasteiger charge is 2.29. The molecule has 2 rings (SSSR count). The number of hydrogen-bond donors (Lipinski definition) is 1. The zero-order valence-corrected chi connectivity index (χ0v) is 7.56. The van der Waals surface area contributed by atoms with Crippen molar-refractivity contribution < 1.29 is 4.39 Å². The normalized spacial score (nSPS) is 28.8. The van der Waals surface area contributed by atoms with E-state index in [1.54, 1.807) is 0 Å². The third kappa shape index (κ3) is 1.79. The summed E-state index contributed by atoms with van der Waals surface area (Å²) in [5.74, 6) is 1.05. The lowest BCUT2D eigenvalue weighted by Crippen LogP contribution is -2.43. The smallest absolute Gasteiger partial charge is 0.103 e. The van der Waals surface area contributed by atoms with Gasteiger partial charge in [0.25, 0.3) is 0 Å². The Morgan fingerprint density at radius 2 is 1.92 bits per heavy atom. The van der Waals surface area contributed by atoms with Crippen molar-refractivity contribution in [2.75, 3.05) is 13.1 Å². The summed E-state index contributed by atoms with van der Waals surface area (Å²) < 4.78 is 13.6. The Labute approximate surface area is 73.7 Å². The van der Waals surface area contributed by atoms with Crippen LogP contribution in [0.5, 0.6) is 0 Å². The van der Waals surface area contributed by atoms with Crippen LogP contribution < -0.4 is 5.32 Å². The molecule has 2 heteroatoms. The van der Waals surface area contributed by atoms with Crippen molar-refractivity contribution in [2.24, 2.45) is 11.8 Å². The Balaban J connectivity index is 1.71. The minimum absolute atomic E-state index is 0.408. The molecule has 1 unspecified atom stereocenters. The second kappa shape index (κ2) is 3.73. The summed E-state index contributed by atoms with van der Waals surface area (Å²) in [5.41, 5.74) is 0. The molecule has 2 fully saturated rings. The van der Waals surface area contributed by atoms with E-state index in [2.05, 4.69) is 5.32 Å². The van der Waals surface area contributed by atoms with Crippen LogP contribution in [0.25, 0.3) is 0 Å². The summed E-state index contributed by atoms with van der Waals surface area (Å²) in [6, 6.07) is 0. The SMILES string of the molecule is FC(CC1CNC1)C1CCCC1. The van der Waals surface area contributed by atoms with Crippen molar-refractivity contribution in [2.45, 2.75) is 38.3 Å². The van der Waals surface area contributed by atoms with Gasteiger partial charge in [-0.2, -0.15) is 0 Å². The summed E-state index contributed by atoms with van der Waals surface area (Å²) in [6.45, 7) is 2.10. The van der Waals surface area contributed by atoms with E-state index in [4.69, 9.17) is 0 Å². The molecule has 1 atom stereocenters. The molecule has 0 aromatic carbocycles. The summed E-state index contributed by atoms with van der Waals surface area (Å²) in [5, 5.41) is 3.19. The summed E-state index contributed by atoms with van der Waals surface area (Å²) in [7, 11) is 0. The highest BCUT2D eigenvalue weighted by Crippen LogP contribution is 2.32. The van der Waals surface area contributed by atoms with Crippen molar-refractivity contribution in [3.63, 3.8) is 0 Å². The first kappa shape index (κ1) is 8.49. The molecule has 0 aromatic rings. The van der Waals surface area contributed by atoms with Crippen LogP contribution in [0.3, 0.4) is 0 Å². The summed E-state index contributed by atoms with van der Waals surface area (Å²) in [4.78, 5) is 0. The van der Waals surface area contributed by atoms with E-state index in [0.29, 0.717) is 11.8 Å². The molecule has 0 spiro atoms. The van der Waals surface area contributed by atoms with Crippen LogP contribution in [0.2, 0.25) is 0 Å². The fourth-order valence-corrected chi connectivity index (χ4v) is 2.35. The minimum atomic E-state index is -0.500. The summed E-state index contributed by atoms with van der Waals surface area (Å²) in [6.07, 6.45) is 5.11. The quantitative estimate of drug-likeness (QED) is 0.686. The van der Waals surface area contributed by atoms with Gasteiger partial charge in [0.15, 0.2) is 0 Å². The second-order valence-electron chi connectivity index (χ2n) is 4.32. The zero-order chi connectivity index (χ0) is 8.39. The van der Waals surface area contributed by atoms with Crippen LogP contribution in [0, 0.1) is 11.8 Å². The fourth-order valence-electron chi connectivity index (χ4n) is 2.35. The third-order valence-electron chi connectivity index (χ3n) is 3.34. The van der Waals surface area contributed by atoms with Crippen LogP contribution in [-0.4, -0.2) is 19.3 Å². The van der Waals surface area contributed by atoms with Gasteiger partial charge in [0, 0.05) is 0 Å². The first-order valence-corrected chi connectivity index (χ1v) is 5.21. The van der Waals surface area contributed by atoms with Gasteiger partial charge in [0.2, 0.25) is 0 Å². The van der Waals surface area contributed by atoms with E-state index >= 15 is 0 Å². The maximum absolute atomic E-state index is 13.6. The van der Waals surface area contributed by atoms with E-state index in [0.717, 1.165) is 32.4 Å². The highest BCUT2D eigenvalue weighted by molar-refractivity contribution is 4.82. The molecule has 1 aliphatic carbocycles. The lowest BCUT2D eigenvalue weighted by molar-refractivity contribution is 0.164. The Bertz CT molecular complexity index is 139. The van der Waals surface area contributed by atoms with E-state index in [9.17, 15) is 4.39 Å². The first-order valence-electron chi connectivity index (χ1n) is 5.21. The third-order valence-corrected chi connectivity index (χ3v) is 3.34. The molecule has 1 nitrogen and oxygen atoms in total. The predicted molar refractivity (Wildman–Crippen MR) is 47.8 cm³/mol. The molecule has 1 heterocycles. The van der Waals surface area contributed by atoms with Gasteiger partial charge in [0.1, 0.15) is 6.17 Å². The van der Waals surface area contributed by atoms with Crippen LogP contribution in [0.1, 0.15) is 32.1 Å². The van der Waals surface area contributed by atoms with Gasteiger partial charge in [-0.05, 0) is 44.2 Å². The molecule has 1 saturated heterocycles. The predicted octanol–water partition coefficient (Wildman–Crippen LogP) is 2.12. The van der Waals surface area contributed by atoms with Gasteiger partial charge in [-0.1, -0.05) is 12.8 Å². The lowest BCUT2D eigenvalue weighted by atomic mass is 9.90. The Kier molecular flexibility index (Phi) is 2.64. The molecule has 2 aliphatic rings. The van der Waals surface area contributed by atoms with Crippen LogP contribution in [0.4, 0.5) is 4.39 Å². The van der Waals surface area contributed by atoms with Gasteiger partial charge < -0.3 is 5.32 Å². The second-order valence-corrected chi connectivity index (χ2v) is 4.32. The maximum Gasteiger partial charge on any atom is 0.103 e. The fraction of sp³-hybridized carbons (Fsp3) is 1.00. The van der Waals surface area contributed by atoms with Gasteiger partial charge in [-0.3, -0.25) is 0 Å². The lowest BCUT2D eigenvalue weighted by Gasteiger charge is -2.29. The average Bonchev–Trinajstić information content (AvgIpc) is 2.47. The van der Waals surface area contributed by atoms with Crippen LogP contribution >= 0.6 is 0 Å². The van der Waals surface area contributed by atoms with E-state index < -0.39 is 6.17 Å². The molecule has 1 N–H and O–H groups in total.